The van der Waals surface area contributed by atoms with Crippen LogP contribution < -0.4 is 0 Å². The maximum atomic E-state index is 8.20. The number of hydrogen-bond donors (Lipinski definition) is 4. The van der Waals surface area contributed by atoms with E-state index in [0.29, 0.717) is 26.4 Å². The minimum absolute atomic E-state index is 0. The first kappa shape index (κ1) is 36.6. The van der Waals surface area contributed by atoms with Gasteiger partial charge in [0.25, 0.3) is 0 Å². The van der Waals surface area contributed by atoms with Crippen LogP contribution in [0, 0.1) is 0 Å². The van der Waals surface area contributed by atoms with E-state index < -0.39 is 0 Å². The number of aliphatic hydroxyl groups is 4. The van der Waals surface area contributed by atoms with Crippen molar-refractivity contribution in [3.05, 3.63) is 0 Å². The quantitative estimate of drug-likeness (QED) is 0.330. The Kier molecular flexibility index (Phi) is 72.9. The number of aliphatic hydroxyl groups excluding tert-OH is 4. The molecule has 0 unspecified atom stereocenters. The third kappa shape index (κ3) is 78.9. The van der Waals surface area contributed by atoms with Crippen molar-refractivity contribution in [2.45, 2.75) is 105 Å². The Labute approximate surface area is 177 Å². The Balaban J connectivity index is -0.0000000702. The summed E-state index contributed by atoms with van der Waals surface area (Å²) in [5, 5.41) is 32.8. The molecule has 0 amide bonds. The fourth-order valence-electron chi connectivity index (χ4n) is 1.45. The molecule has 0 aliphatic rings. The minimum Gasteiger partial charge on any atom is -0.396 e. The smallest absolute Gasteiger partial charge is 0.0431 e. The van der Waals surface area contributed by atoms with Crippen LogP contribution in [0.5, 0.6) is 0 Å². The second kappa shape index (κ2) is 49.8. The van der Waals surface area contributed by atoms with Gasteiger partial charge in [0.2, 0.25) is 0 Å². The van der Waals surface area contributed by atoms with Crippen LogP contribution in [0.1, 0.15) is 105 Å². The van der Waals surface area contributed by atoms with Crippen molar-refractivity contribution in [3.63, 3.8) is 0 Å². The first-order valence-corrected chi connectivity index (χ1v) is 10.1. The van der Waals surface area contributed by atoms with Gasteiger partial charge in [-0.25, -0.2) is 0 Å². The van der Waals surface area contributed by atoms with Crippen molar-refractivity contribution in [1.82, 2.24) is 0 Å². The van der Waals surface area contributed by atoms with Crippen LogP contribution in [0.4, 0.5) is 0 Å². The van der Waals surface area contributed by atoms with Crippen LogP contribution in [0.15, 0.2) is 0 Å². The predicted molar refractivity (Wildman–Crippen MR) is 106 cm³/mol. The van der Waals surface area contributed by atoms with Crippen molar-refractivity contribution >= 4 is 0 Å². The molecule has 5 heteroatoms. The van der Waals surface area contributed by atoms with Crippen LogP contribution >= 0.6 is 0 Å². The zero-order valence-electron chi connectivity index (χ0n) is 17.6. The van der Waals surface area contributed by atoms with Crippen LogP contribution in [-0.2, 0) is 26.2 Å². The molecular formula is C20H48O4Zr. The fourth-order valence-corrected chi connectivity index (χ4v) is 1.45. The number of hydrogen-bond acceptors (Lipinski definition) is 4. The van der Waals surface area contributed by atoms with E-state index in [4.69, 9.17) is 20.4 Å². The summed E-state index contributed by atoms with van der Waals surface area (Å²) in [5.74, 6) is 0. The maximum Gasteiger partial charge on any atom is 0.0431 e. The van der Waals surface area contributed by atoms with Gasteiger partial charge in [0, 0.05) is 52.6 Å². The normalized spacial score (nSPS) is 8.64. The summed E-state index contributed by atoms with van der Waals surface area (Å²) in [4.78, 5) is 0. The van der Waals surface area contributed by atoms with E-state index in [0.717, 1.165) is 51.4 Å². The van der Waals surface area contributed by atoms with E-state index in [-0.39, 0.29) is 26.2 Å². The zero-order chi connectivity index (χ0) is 19.3. The van der Waals surface area contributed by atoms with E-state index >= 15 is 0 Å². The molecule has 0 aliphatic heterocycles. The van der Waals surface area contributed by atoms with Gasteiger partial charge in [-0.3, -0.25) is 0 Å². The molecule has 0 aromatic rings. The van der Waals surface area contributed by atoms with E-state index in [1.165, 1.54) is 25.7 Å². The van der Waals surface area contributed by atoms with Gasteiger partial charge in [0.15, 0.2) is 0 Å². The van der Waals surface area contributed by atoms with Crippen molar-refractivity contribution in [2.75, 3.05) is 26.4 Å². The maximum absolute atomic E-state index is 8.20. The molecule has 0 bridgehead atoms. The summed E-state index contributed by atoms with van der Waals surface area (Å²) < 4.78 is 0. The summed E-state index contributed by atoms with van der Waals surface area (Å²) in [6.45, 7) is 9.90. The van der Waals surface area contributed by atoms with Gasteiger partial charge >= 0.3 is 0 Å². The monoisotopic (exact) mass is 442 g/mol. The molecule has 0 saturated heterocycles. The summed E-state index contributed by atoms with van der Waals surface area (Å²) in [6, 6.07) is 0. The Hall–Kier alpha value is 0.723. The third-order valence-corrected chi connectivity index (χ3v) is 3.05. The standard InChI is InChI=1S/4C5H12O.Zr/c4*1-2-3-4-5-6;/h4*6H,2-5H2,1H3;. The molecule has 0 saturated carbocycles. The molecule has 0 atom stereocenters. The molecule has 0 rings (SSSR count). The molecule has 4 nitrogen and oxygen atoms in total. The first-order valence-electron chi connectivity index (χ1n) is 10.1. The van der Waals surface area contributed by atoms with Gasteiger partial charge in [-0.15, -0.1) is 0 Å². The Morgan fingerprint density at radius 3 is 0.560 bits per heavy atom. The first-order chi connectivity index (χ1) is 11.7. The van der Waals surface area contributed by atoms with Crippen molar-refractivity contribution in [3.8, 4) is 0 Å². The van der Waals surface area contributed by atoms with Crippen LogP contribution in [0.25, 0.3) is 0 Å². The van der Waals surface area contributed by atoms with Gasteiger partial charge in [-0.2, -0.15) is 0 Å². The van der Waals surface area contributed by atoms with E-state index in [1.54, 1.807) is 0 Å². The molecule has 25 heavy (non-hydrogen) atoms. The molecule has 0 heterocycles. The SMILES string of the molecule is CCCCCO.CCCCCO.CCCCCO.CCCCCO.[Zr]. The van der Waals surface area contributed by atoms with Crippen molar-refractivity contribution in [2.24, 2.45) is 0 Å². The Bertz CT molecular complexity index is 102. The molecule has 0 aromatic carbocycles. The Morgan fingerprint density at radius 2 is 0.520 bits per heavy atom. The molecule has 0 spiro atoms. The summed E-state index contributed by atoms with van der Waals surface area (Å²) >= 11 is 0. The molecule has 4 N–H and O–H groups in total. The number of unbranched alkanes of at least 4 members (excludes halogenated alkanes) is 8. The van der Waals surface area contributed by atoms with E-state index in [1.807, 2.05) is 0 Å². The Morgan fingerprint density at radius 1 is 0.360 bits per heavy atom. The average Bonchev–Trinajstić information content (AvgIpc) is 2.62. The average molecular weight is 444 g/mol. The molecule has 0 aliphatic carbocycles. The van der Waals surface area contributed by atoms with Crippen molar-refractivity contribution in [1.29, 1.82) is 0 Å². The predicted octanol–water partition coefficient (Wildman–Crippen LogP) is 4.67. The molecular weight excluding hydrogens is 395 g/mol. The van der Waals surface area contributed by atoms with E-state index in [9.17, 15) is 0 Å². The topological polar surface area (TPSA) is 80.9 Å². The van der Waals surface area contributed by atoms with E-state index in [2.05, 4.69) is 27.7 Å². The van der Waals surface area contributed by atoms with Gasteiger partial charge in [0.05, 0.1) is 0 Å². The summed E-state index contributed by atoms with van der Waals surface area (Å²) in [7, 11) is 0. The van der Waals surface area contributed by atoms with Crippen LogP contribution in [-0.4, -0.2) is 46.9 Å². The molecule has 156 valence electrons. The van der Waals surface area contributed by atoms with Crippen LogP contribution in [0.3, 0.4) is 0 Å². The largest absolute Gasteiger partial charge is 0.396 e. The van der Waals surface area contributed by atoms with Crippen LogP contribution in [0.2, 0.25) is 0 Å². The third-order valence-electron chi connectivity index (χ3n) is 3.05. The molecule has 0 aromatic heterocycles. The number of rotatable bonds is 12. The second-order valence-electron chi connectivity index (χ2n) is 5.72. The van der Waals surface area contributed by atoms with Gasteiger partial charge in [-0.1, -0.05) is 79.1 Å². The molecule has 0 fully saturated rings. The second-order valence-corrected chi connectivity index (χ2v) is 5.72. The van der Waals surface area contributed by atoms with Crippen molar-refractivity contribution < 1.29 is 46.6 Å². The fraction of sp³-hybridized carbons (Fsp3) is 1.00. The van der Waals surface area contributed by atoms with Gasteiger partial charge in [-0.05, 0) is 25.7 Å². The zero-order valence-corrected chi connectivity index (χ0v) is 20.1. The summed E-state index contributed by atoms with van der Waals surface area (Å²) in [5.41, 5.74) is 0. The van der Waals surface area contributed by atoms with Gasteiger partial charge in [0.1, 0.15) is 0 Å². The minimum atomic E-state index is 0. The molecule has 0 radical (unpaired) electrons. The summed E-state index contributed by atoms with van der Waals surface area (Å²) in [6.07, 6.45) is 13.3. The van der Waals surface area contributed by atoms with Gasteiger partial charge < -0.3 is 20.4 Å².